The van der Waals surface area contributed by atoms with Gasteiger partial charge in [0.2, 0.25) is 11.8 Å². The van der Waals surface area contributed by atoms with E-state index in [1.807, 2.05) is 0 Å². The first-order chi connectivity index (χ1) is 19.7. The monoisotopic (exact) mass is 565 g/mol. The average Bonchev–Trinajstić information content (AvgIpc) is 3.77. The van der Waals surface area contributed by atoms with Crippen LogP contribution in [0.4, 0.5) is 24.9 Å². The Balaban J connectivity index is 1.32. The lowest BCUT2D eigenvalue weighted by Crippen LogP contribution is -2.44. The van der Waals surface area contributed by atoms with Gasteiger partial charge >= 0.3 is 6.18 Å². The molecule has 3 heterocycles. The predicted molar refractivity (Wildman–Crippen MR) is 150 cm³/mol. The summed E-state index contributed by atoms with van der Waals surface area (Å²) in [5.41, 5.74) is 6.14. The highest BCUT2D eigenvalue weighted by molar-refractivity contribution is 5.82. The van der Waals surface area contributed by atoms with E-state index in [0.29, 0.717) is 46.6 Å². The number of alkyl halides is 3. The molecular formula is C29H30F3N7O2. The van der Waals surface area contributed by atoms with Gasteiger partial charge in [0.25, 0.3) is 5.56 Å². The Morgan fingerprint density at radius 2 is 1.85 bits per heavy atom. The van der Waals surface area contributed by atoms with Crippen molar-refractivity contribution in [2.75, 3.05) is 30.7 Å². The van der Waals surface area contributed by atoms with E-state index >= 15 is 0 Å². The molecule has 1 atom stereocenters. The van der Waals surface area contributed by atoms with Crippen LogP contribution < -0.4 is 21.3 Å². The minimum absolute atomic E-state index is 0.162. The summed E-state index contributed by atoms with van der Waals surface area (Å²) in [5.74, 6) is 1.35. The van der Waals surface area contributed by atoms with Crippen molar-refractivity contribution < 1.29 is 17.9 Å². The zero-order valence-electron chi connectivity index (χ0n) is 22.2. The Bertz CT molecular complexity index is 1600. The van der Waals surface area contributed by atoms with Crippen LogP contribution in [0, 0.1) is 5.92 Å². The summed E-state index contributed by atoms with van der Waals surface area (Å²) >= 11 is 0. The van der Waals surface area contributed by atoms with E-state index in [1.165, 1.54) is 31.4 Å². The van der Waals surface area contributed by atoms with Crippen LogP contribution in [0.15, 0.2) is 53.3 Å². The van der Waals surface area contributed by atoms with E-state index < -0.39 is 17.3 Å². The Kier molecular flexibility index (Phi) is 7.24. The summed E-state index contributed by atoms with van der Waals surface area (Å²) < 4.78 is 45.6. The van der Waals surface area contributed by atoms with Gasteiger partial charge in [0.1, 0.15) is 5.52 Å². The number of nitrogens with one attached hydrogen (secondary N) is 2. The maximum absolute atomic E-state index is 13.2. The molecule has 4 N–H and O–H groups in total. The maximum Gasteiger partial charge on any atom is 0.416 e. The number of benzene rings is 2. The molecule has 0 amide bonds. The van der Waals surface area contributed by atoms with Crippen LogP contribution in [-0.2, 0) is 6.18 Å². The molecule has 2 aromatic heterocycles. The van der Waals surface area contributed by atoms with Crippen molar-refractivity contribution in [3.8, 4) is 22.9 Å². The predicted octanol–water partition coefficient (Wildman–Crippen LogP) is 5.45. The fourth-order valence-electron chi connectivity index (χ4n) is 5.20. The van der Waals surface area contributed by atoms with E-state index in [4.69, 9.17) is 10.5 Å². The molecule has 6 rings (SSSR count). The Morgan fingerprint density at radius 1 is 1.05 bits per heavy atom. The number of rotatable bonds is 8. The number of anilines is 2. The second-order valence-corrected chi connectivity index (χ2v) is 10.7. The highest BCUT2D eigenvalue weighted by Gasteiger charge is 2.31. The van der Waals surface area contributed by atoms with Gasteiger partial charge in [-0.1, -0.05) is 24.6 Å². The smallest absolute Gasteiger partial charge is 0.416 e. The van der Waals surface area contributed by atoms with Crippen molar-refractivity contribution in [3.05, 3.63) is 64.4 Å². The highest BCUT2D eigenvalue weighted by atomic mass is 19.4. The lowest BCUT2D eigenvalue weighted by atomic mass is 10.0. The number of fused-ring (bicyclic) bond motifs is 1. The minimum atomic E-state index is -4.44. The molecule has 12 heteroatoms. The molecule has 2 fully saturated rings. The third-order valence-electron chi connectivity index (χ3n) is 7.57. The van der Waals surface area contributed by atoms with Crippen molar-refractivity contribution >= 4 is 22.8 Å². The molecule has 1 aliphatic carbocycles. The fraction of sp³-hybridized carbons (Fsp3) is 0.379. The molecular weight excluding hydrogens is 535 g/mol. The van der Waals surface area contributed by atoms with E-state index in [2.05, 4.69) is 30.2 Å². The van der Waals surface area contributed by atoms with Gasteiger partial charge in [-0.2, -0.15) is 18.2 Å². The minimum Gasteiger partial charge on any atom is -0.436 e. The van der Waals surface area contributed by atoms with Gasteiger partial charge in [-0.3, -0.25) is 9.69 Å². The molecule has 1 saturated heterocycles. The third-order valence-corrected chi connectivity index (χ3v) is 7.57. The molecule has 9 nitrogen and oxygen atoms in total. The number of nitrogen functional groups attached to an aromatic ring is 1. The molecule has 41 heavy (non-hydrogen) atoms. The maximum atomic E-state index is 13.2. The number of nitrogens with zero attached hydrogens (tertiary/aromatic N) is 4. The number of nitrogens with two attached hydrogens (primary N) is 1. The van der Waals surface area contributed by atoms with Crippen LogP contribution in [0.1, 0.15) is 37.7 Å². The second-order valence-electron chi connectivity index (χ2n) is 10.7. The van der Waals surface area contributed by atoms with E-state index in [9.17, 15) is 18.0 Å². The number of piperidine rings is 1. The molecule has 0 radical (unpaired) electrons. The van der Waals surface area contributed by atoms with Crippen LogP contribution in [0.5, 0.6) is 11.6 Å². The molecule has 1 aliphatic heterocycles. The van der Waals surface area contributed by atoms with Gasteiger partial charge in [-0.05, 0) is 62.4 Å². The van der Waals surface area contributed by atoms with Gasteiger partial charge in [-0.15, -0.1) is 0 Å². The number of aromatic nitrogens is 4. The normalized spacial score (nSPS) is 18.0. The van der Waals surface area contributed by atoms with Gasteiger partial charge in [0.15, 0.2) is 11.6 Å². The van der Waals surface area contributed by atoms with Crippen molar-refractivity contribution in [2.24, 2.45) is 5.92 Å². The summed E-state index contributed by atoms with van der Waals surface area (Å²) in [6.45, 7) is 2.81. The van der Waals surface area contributed by atoms with Crippen LogP contribution >= 0.6 is 0 Å². The number of likely N-dealkylation sites (tertiary alicyclic amines) is 1. The van der Waals surface area contributed by atoms with E-state index in [-0.39, 0.29) is 11.7 Å². The number of para-hydroxylation sites is 1. The van der Waals surface area contributed by atoms with Crippen molar-refractivity contribution in [3.63, 3.8) is 0 Å². The van der Waals surface area contributed by atoms with Crippen molar-refractivity contribution in [1.82, 2.24) is 24.8 Å². The number of hydrogen-bond donors (Lipinski definition) is 3. The standard InChI is InChI=1S/C29H30F3N7O2/c30-29(31,32)19-11-9-18(10-12-19)22-14-24(41-23-6-3-5-21-25(23)38-26(33)27(40)35-21)37-28(36-22)34-15-20-4-1-2-13-39(20)16-17-7-8-17/h3,5-6,9-12,14,17,20H,1-2,4,7-8,13,15-16H2,(H2,33,38)(H,35,40)(H,34,36,37)/t20-/m0/s1. The highest BCUT2D eigenvalue weighted by Crippen LogP contribution is 2.34. The SMILES string of the molecule is Nc1nc2c(Oc3cc(-c4ccc(C(F)(F)F)cc4)nc(NC[C@@H]4CCCCN4CC4CC4)n3)cccc2[nH]c1=O. The second kappa shape index (κ2) is 11.0. The largest absolute Gasteiger partial charge is 0.436 e. The molecule has 4 aromatic rings. The molecule has 2 aliphatic rings. The summed E-state index contributed by atoms with van der Waals surface area (Å²) in [7, 11) is 0. The van der Waals surface area contributed by atoms with Crippen LogP contribution in [0.2, 0.25) is 0 Å². The zero-order chi connectivity index (χ0) is 28.6. The number of aromatic amines is 1. The van der Waals surface area contributed by atoms with E-state index in [0.717, 1.165) is 44.0 Å². The van der Waals surface area contributed by atoms with Gasteiger partial charge < -0.3 is 20.8 Å². The zero-order valence-corrected chi connectivity index (χ0v) is 22.2. The van der Waals surface area contributed by atoms with Gasteiger partial charge in [-0.25, -0.2) is 9.97 Å². The first kappa shape index (κ1) is 27.0. The summed E-state index contributed by atoms with van der Waals surface area (Å²) in [6.07, 6.45) is 1.56. The number of hydrogen-bond acceptors (Lipinski definition) is 8. The topological polar surface area (TPSA) is 122 Å². The number of halogens is 3. The molecule has 214 valence electrons. The summed E-state index contributed by atoms with van der Waals surface area (Å²) in [4.78, 5) is 30.5. The fourth-order valence-corrected chi connectivity index (χ4v) is 5.20. The lowest BCUT2D eigenvalue weighted by Gasteiger charge is -2.36. The molecule has 1 saturated carbocycles. The third kappa shape index (κ3) is 6.27. The van der Waals surface area contributed by atoms with Gasteiger partial charge in [0, 0.05) is 30.8 Å². The number of ether oxygens (including phenoxy) is 1. The lowest BCUT2D eigenvalue weighted by molar-refractivity contribution is -0.137. The van der Waals surface area contributed by atoms with Crippen LogP contribution in [-0.4, -0.2) is 50.5 Å². The van der Waals surface area contributed by atoms with E-state index in [1.54, 1.807) is 24.3 Å². The Hall–Kier alpha value is -4.19. The Labute approximate surface area is 234 Å². The summed E-state index contributed by atoms with van der Waals surface area (Å²) in [6, 6.07) is 11.7. The quantitative estimate of drug-likeness (QED) is 0.258. The first-order valence-corrected chi connectivity index (χ1v) is 13.7. The first-order valence-electron chi connectivity index (χ1n) is 13.7. The molecule has 2 aromatic carbocycles. The van der Waals surface area contributed by atoms with Crippen molar-refractivity contribution in [1.29, 1.82) is 0 Å². The van der Waals surface area contributed by atoms with Crippen LogP contribution in [0.25, 0.3) is 22.3 Å². The molecule has 0 spiro atoms. The van der Waals surface area contributed by atoms with Crippen LogP contribution in [0.3, 0.4) is 0 Å². The average molecular weight is 566 g/mol. The summed E-state index contributed by atoms with van der Waals surface area (Å²) in [5, 5.41) is 3.36. The Morgan fingerprint density at radius 3 is 2.61 bits per heavy atom. The molecule has 0 unspecified atom stereocenters. The molecule has 0 bridgehead atoms. The van der Waals surface area contributed by atoms with Crippen molar-refractivity contribution in [2.45, 2.75) is 44.3 Å². The van der Waals surface area contributed by atoms with Gasteiger partial charge in [0.05, 0.1) is 16.8 Å². The number of H-pyrrole nitrogens is 1.